The van der Waals surface area contributed by atoms with Crippen LogP contribution >= 0.6 is 0 Å². The van der Waals surface area contributed by atoms with Gasteiger partial charge in [0, 0.05) is 18.7 Å². The number of anilines is 2. The summed E-state index contributed by atoms with van der Waals surface area (Å²) in [6, 6.07) is 12.5. The van der Waals surface area contributed by atoms with Gasteiger partial charge in [0.15, 0.2) is 6.61 Å². The highest BCUT2D eigenvalue weighted by molar-refractivity contribution is 5.99. The van der Waals surface area contributed by atoms with E-state index in [1.165, 1.54) is 0 Å². The average Bonchev–Trinajstić information content (AvgIpc) is 2.74. The molecule has 0 bridgehead atoms. The minimum Gasteiger partial charge on any atom is -0.497 e. The van der Waals surface area contributed by atoms with Crippen molar-refractivity contribution in [3.05, 3.63) is 55.1 Å². The van der Waals surface area contributed by atoms with Gasteiger partial charge < -0.3 is 24.4 Å². The Balaban J connectivity index is 1.50. The fraction of sp³-hybridized carbons (Fsp3) is 0.273. The second-order valence-corrected chi connectivity index (χ2v) is 6.44. The number of ether oxygens (including phenoxy) is 3. The van der Waals surface area contributed by atoms with E-state index in [-0.39, 0.29) is 18.4 Å². The van der Waals surface area contributed by atoms with Gasteiger partial charge in [-0.3, -0.25) is 9.59 Å². The Labute approximate surface area is 169 Å². The summed E-state index contributed by atoms with van der Waals surface area (Å²) in [6.45, 7) is 4.50. The molecule has 0 saturated carbocycles. The van der Waals surface area contributed by atoms with E-state index in [9.17, 15) is 9.59 Å². The highest BCUT2D eigenvalue weighted by Crippen LogP contribution is 2.34. The van der Waals surface area contributed by atoms with Crippen molar-refractivity contribution < 1.29 is 23.8 Å². The van der Waals surface area contributed by atoms with E-state index in [1.807, 2.05) is 24.3 Å². The molecular formula is C22H24N2O5. The number of hydrogen-bond donors (Lipinski definition) is 1. The van der Waals surface area contributed by atoms with Crippen molar-refractivity contribution in [1.29, 1.82) is 0 Å². The summed E-state index contributed by atoms with van der Waals surface area (Å²) in [7, 11) is 1.61. The highest BCUT2D eigenvalue weighted by atomic mass is 16.5. The third kappa shape index (κ3) is 5.28. The quantitative estimate of drug-likeness (QED) is 0.519. The van der Waals surface area contributed by atoms with Crippen LogP contribution in [0.5, 0.6) is 17.2 Å². The molecule has 0 unspecified atom stereocenters. The molecule has 29 heavy (non-hydrogen) atoms. The fourth-order valence-electron chi connectivity index (χ4n) is 2.93. The zero-order valence-corrected chi connectivity index (χ0v) is 16.3. The lowest BCUT2D eigenvalue weighted by Gasteiger charge is -2.28. The summed E-state index contributed by atoms with van der Waals surface area (Å²) < 4.78 is 16.2. The van der Waals surface area contributed by atoms with Crippen molar-refractivity contribution in [2.45, 2.75) is 12.8 Å². The van der Waals surface area contributed by atoms with Crippen LogP contribution in [0.15, 0.2) is 55.1 Å². The number of nitrogens with one attached hydrogen (secondary N) is 1. The second kappa shape index (κ2) is 9.64. The number of fused-ring (bicyclic) bond motifs is 1. The first-order valence-corrected chi connectivity index (χ1v) is 9.35. The van der Waals surface area contributed by atoms with Crippen molar-refractivity contribution in [1.82, 2.24) is 0 Å². The molecule has 2 aromatic rings. The Kier molecular flexibility index (Phi) is 6.73. The SMILES string of the molecule is C=CCN1C(=O)COc2ccc(NC(=O)CCCOc3ccc(OC)cc3)cc21. The maximum absolute atomic E-state index is 12.2. The number of hydrogen-bond acceptors (Lipinski definition) is 5. The molecule has 0 fully saturated rings. The zero-order valence-electron chi connectivity index (χ0n) is 16.3. The number of carbonyl (C=O) groups is 2. The van der Waals surface area contributed by atoms with Gasteiger partial charge in [0.25, 0.3) is 5.91 Å². The van der Waals surface area contributed by atoms with Crippen molar-refractivity contribution in [3.63, 3.8) is 0 Å². The van der Waals surface area contributed by atoms with Crippen LogP contribution < -0.4 is 24.4 Å². The Hall–Kier alpha value is -3.48. The van der Waals surface area contributed by atoms with Crippen LogP contribution in [0.1, 0.15) is 12.8 Å². The first kappa shape index (κ1) is 20.3. The standard InChI is InChI=1S/C22H24N2O5/c1-3-12-24-19-14-16(6-11-20(19)29-15-22(24)26)23-21(25)5-4-13-28-18-9-7-17(27-2)8-10-18/h3,6-11,14H,1,4-5,12-13,15H2,2H3,(H,23,25). The van der Waals surface area contributed by atoms with E-state index in [2.05, 4.69) is 11.9 Å². The number of rotatable bonds is 9. The summed E-state index contributed by atoms with van der Waals surface area (Å²) >= 11 is 0. The summed E-state index contributed by atoms with van der Waals surface area (Å²) in [6.07, 6.45) is 2.55. The minimum absolute atomic E-state index is 0.000735. The molecule has 1 heterocycles. The van der Waals surface area contributed by atoms with E-state index in [1.54, 1.807) is 36.3 Å². The molecule has 2 amide bonds. The molecular weight excluding hydrogens is 372 g/mol. The van der Waals surface area contributed by atoms with Gasteiger partial charge in [-0.25, -0.2) is 0 Å². The Morgan fingerprint density at radius 2 is 2.00 bits per heavy atom. The van der Waals surface area contributed by atoms with Crippen LogP contribution in [0.4, 0.5) is 11.4 Å². The van der Waals surface area contributed by atoms with Gasteiger partial charge in [-0.1, -0.05) is 6.08 Å². The molecule has 1 N–H and O–H groups in total. The Morgan fingerprint density at radius 3 is 2.72 bits per heavy atom. The number of methoxy groups -OCH3 is 1. The largest absolute Gasteiger partial charge is 0.497 e. The minimum atomic E-state index is -0.142. The molecule has 3 rings (SSSR count). The van der Waals surface area contributed by atoms with Crippen LogP contribution in [-0.2, 0) is 9.59 Å². The normalized spacial score (nSPS) is 12.6. The first-order valence-electron chi connectivity index (χ1n) is 9.35. The lowest BCUT2D eigenvalue weighted by molar-refractivity contribution is -0.121. The van der Waals surface area contributed by atoms with Crippen LogP contribution in [0.3, 0.4) is 0 Å². The second-order valence-electron chi connectivity index (χ2n) is 6.44. The van der Waals surface area contributed by atoms with Crippen LogP contribution in [0.2, 0.25) is 0 Å². The molecule has 152 valence electrons. The monoisotopic (exact) mass is 396 g/mol. The van der Waals surface area contributed by atoms with Crippen LogP contribution in [-0.4, -0.2) is 38.7 Å². The van der Waals surface area contributed by atoms with Gasteiger partial charge >= 0.3 is 0 Å². The van der Waals surface area contributed by atoms with Crippen molar-refractivity contribution in [2.75, 3.05) is 37.1 Å². The van der Waals surface area contributed by atoms with Gasteiger partial charge in [-0.05, 0) is 48.9 Å². The molecule has 2 aromatic carbocycles. The molecule has 1 aliphatic heterocycles. The van der Waals surface area contributed by atoms with E-state index in [0.717, 1.165) is 11.5 Å². The summed E-state index contributed by atoms with van der Waals surface area (Å²) in [4.78, 5) is 25.9. The zero-order chi connectivity index (χ0) is 20.6. The maximum Gasteiger partial charge on any atom is 0.265 e. The van der Waals surface area contributed by atoms with Gasteiger partial charge in [0.2, 0.25) is 5.91 Å². The lowest BCUT2D eigenvalue weighted by Crippen LogP contribution is -2.38. The van der Waals surface area contributed by atoms with E-state index in [0.29, 0.717) is 43.1 Å². The van der Waals surface area contributed by atoms with E-state index >= 15 is 0 Å². The Bertz CT molecular complexity index is 879. The van der Waals surface area contributed by atoms with Crippen LogP contribution in [0.25, 0.3) is 0 Å². The highest BCUT2D eigenvalue weighted by Gasteiger charge is 2.24. The van der Waals surface area contributed by atoms with Crippen molar-refractivity contribution in [2.24, 2.45) is 0 Å². The third-order valence-electron chi connectivity index (χ3n) is 4.37. The molecule has 7 nitrogen and oxygen atoms in total. The maximum atomic E-state index is 12.2. The van der Waals surface area contributed by atoms with E-state index < -0.39 is 0 Å². The fourth-order valence-corrected chi connectivity index (χ4v) is 2.93. The molecule has 0 aliphatic carbocycles. The van der Waals surface area contributed by atoms with Gasteiger partial charge in [-0.2, -0.15) is 0 Å². The van der Waals surface area contributed by atoms with Gasteiger partial charge in [0.1, 0.15) is 17.2 Å². The molecule has 0 atom stereocenters. The predicted octanol–water partition coefficient (Wildman–Crippen LogP) is 3.40. The summed E-state index contributed by atoms with van der Waals surface area (Å²) in [5.41, 5.74) is 1.24. The van der Waals surface area contributed by atoms with Crippen molar-refractivity contribution >= 4 is 23.2 Å². The predicted molar refractivity (Wildman–Crippen MR) is 111 cm³/mol. The number of amides is 2. The molecule has 0 saturated heterocycles. The molecule has 0 spiro atoms. The molecule has 1 aliphatic rings. The molecule has 0 aromatic heterocycles. The summed E-state index contributed by atoms with van der Waals surface area (Å²) in [5.74, 6) is 1.84. The molecule has 7 heteroatoms. The average molecular weight is 396 g/mol. The van der Waals surface area contributed by atoms with Gasteiger partial charge in [0.05, 0.1) is 19.4 Å². The number of benzene rings is 2. The van der Waals surface area contributed by atoms with E-state index in [4.69, 9.17) is 14.2 Å². The lowest BCUT2D eigenvalue weighted by atomic mass is 10.2. The van der Waals surface area contributed by atoms with Crippen LogP contribution in [0, 0.1) is 0 Å². The third-order valence-corrected chi connectivity index (χ3v) is 4.37. The molecule has 0 radical (unpaired) electrons. The first-order chi connectivity index (χ1) is 14.1. The van der Waals surface area contributed by atoms with Gasteiger partial charge in [-0.15, -0.1) is 6.58 Å². The van der Waals surface area contributed by atoms with Crippen molar-refractivity contribution in [3.8, 4) is 17.2 Å². The smallest absolute Gasteiger partial charge is 0.265 e. The topological polar surface area (TPSA) is 77.1 Å². The number of nitrogens with zero attached hydrogens (tertiary/aromatic N) is 1. The number of carbonyl (C=O) groups excluding carboxylic acids is 2. The Morgan fingerprint density at radius 1 is 1.24 bits per heavy atom. The summed E-state index contributed by atoms with van der Waals surface area (Å²) in [5, 5.41) is 2.85.